The van der Waals surface area contributed by atoms with Crippen molar-refractivity contribution in [1.29, 1.82) is 0 Å². The molecule has 0 radical (unpaired) electrons. The highest BCUT2D eigenvalue weighted by molar-refractivity contribution is 5.95. The number of carboxylic acid groups (broad SMARTS) is 1. The molecule has 112 valence electrons. The van der Waals surface area contributed by atoms with Crippen LogP contribution in [0.5, 0.6) is 0 Å². The number of nitro benzene ring substituents is 1. The van der Waals surface area contributed by atoms with Crippen LogP contribution in [-0.2, 0) is 0 Å². The molecule has 7 heteroatoms. The van der Waals surface area contributed by atoms with E-state index < -0.39 is 10.9 Å². The van der Waals surface area contributed by atoms with Crippen LogP contribution < -0.4 is 4.90 Å². The first-order valence-electron chi connectivity index (χ1n) is 6.95. The SMILES string of the molecule is O=C(O)c1cc([N+](=O)[O-])ccc1N1C2CCC1CC(O)C2. The van der Waals surface area contributed by atoms with Crippen LogP contribution in [-0.4, -0.2) is 39.3 Å². The lowest BCUT2D eigenvalue weighted by Crippen LogP contribution is -2.45. The van der Waals surface area contributed by atoms with Crippen LogP contribution in [0.3, 0.4) is 0 Å². The Labute approximate surface area is 121 Å². The maximum Gasteiger partial charge on any atom is 0.338 e. The number of aliphatic hydroxyl groups excluding tert-OH is 1. The molecule has 0 aliphatic carbocycles. The number of anilines is 1. The highest BCUT2D eigenvalue weighted by Gasteiger charge is 2.41. The Balaban J connectivity index is 2.02. The molecule has 0 saturated carbocycles. The molecule has 3 rings (SSSR count). The first-order chi connectivity index (χ1) is 9.97. The Bertz CT molecular complexity index is 589. The average Bonchev–Trinajstić information content (AvgIpc) is 2.69. The van der Waals surface area contributed by atoms with E-state index in [-0.39, 0.29) is 29.4 Å². The van der Waals surface area contributed by atoms with E-state index in [2.05, 4.69) is 0 Å². The maximum absolute atomic E-state index is 11.4. The third-order valence-electron chi connectivity index (χ3n) is 4.41. The first-order valence-corrected chi connectivity index (χ1v) is 6.95. The number of hydrogen-bond acceptors (Lipinski definition) is 5. The molecule has 2 aliphatic heterocycles. The number of hydrogen-bond donors (Lipinski definition) is 2. The number of carbonyl (C=O) groups is 1. The number of aromatic carboxylic acids is 1. The number of nitrogens with zero attached hydrogens (tertiary/aromatic N) is 2. The Morgan fingerprint density at radius 2 is 1.90 bits per heavy atom. The van der Waals surface area contributed by atoms with Gasteiger partial charge in [0.15, 0.2) is 0 Å². The van der Waals surface area contributed by atoms with Crippen molar-refractivity contribution in [3.8, 4) is 0 Å². The summed E-state index contributed by atoms with van der Waals surface area (Å²) in [6, 6.07) is 4.19. The normalized spacial score (nSPS) is 27.7. The van der Waals surface area contributed by atoms with Gasteiger partial charge in [-0.3, -0.25) is 10.1 Å². The number of piperidine rings is 1. The van der Waals surface area contributed by atoms with Crippen LogP contribution in [0.25, 0.3) is 0 Å². The molecule has 2 unspecified atom stereocenters. The fourth-order valence-electron chi connectivity index (χ4n) is 3.58. The van der Waals surface area contributed by atoms with E-state index >= 15 is 0 Å². The quantitative estimate of drug-likeness (QED) is 0.650. The zero-order chi connectivity index (χ0) is 15.1. The van der Waals surface area contributed by atoms with E-state index in [0.717, 1.165) is 18.9 Å². The van der Waals surface area contributed by atoms with E-state index in [1.807, 2.05) is 4.90 Å². The Hall–Kier alpha value is -2.15. The zero-order valence-corrected chi connectivity index (χ0v) is 11.3. The van der Waals surface area contributed by atoms with Gasteiger partial charge in [0.05, 0.1) is 22.3 Å². The van der Waals surface area contributed by atoms with Crippen molar-refractivity contribution >= 4 is 17.3 Å². The summed E-state index contributed by atoms with van der Waals surface area (Å²) in [4.78, 5) is 23.7. The summed E-state index contributed by atoms with van der Waals surface area (Å²) in [6.07, 6.45) is 2.72. The molecule has 21 heavy (non-hydrogen) atoms. The van der Waals surface area contributed by atoms with Crippen molar-refractivity contribution < 1.29 is 19.9 Å². The second-order valence-corrected chi connectivity index (χ2v) is 5.68. The summed E-state index contributed by atoms with van der Waals surface area (Å²) < 4.78 is 0. The molecule has 2 atom stereocenters. The largest absolute Gasteiger partial charge is 0.478 e. The van der Waals surface area contributed by atoms with Gasteiger partial charge in [-0.15, -0.1) is 0 Å². The molecule has 2 heterocycles. The number of rotatable bonds is 3. The number of non-ortho nitro benzene ring substituents is 1. The van der Waals surface area contributed by atoms with Gasteiger partial charge in [0, 0.05) is 24.2 Å². The Morgan fingerprint density at radius 1 is 1.29 bits per heavy atom. The van der Waals surface area contributed by atoms with Crippen LogP contribution in [0.15, 0.2) is 18.2 Å². The predicted octanol–water partition coefficient (Wildman–Crippen LogP) is 1.79. The molecule has 2 fully saturated rings. The molecule has 2 aliphatic rings. The second-order valence-electron chi connectivity index (χ2n) is 5.68. The summed E-state index contributed by atoms with van der Waals surface area (Å²) >= 11 is 0. The fourth-order valence-corrected chi connectivity index (χ4v) is 3.58. The van der Waals surface area contributed by atoms with E-state index in [1.54, 1.807) is 0 Å². The Morgan fingerprint density at radius 3 is 2.43 bits per heavy atom. The summed E-state index contributed by atoms with van der Waals surface area (Å²) in [7, 11) is 0. The lowest BCUT2D eigenvalue weighted by molar-refractivity contribution is -0.384. The minimum Gasteiger partial charge on any atom is -0.478 e. The number of aliphatic hydroxyl groups is 1. The molecular formula is C14H16N2O5. The van der Waals surface area contributed by atoms with E-state index in [0.29, 0.717) is 18.5 Å². The maximum atomic E-state index is 11.4. The standard InChI is InChI=1S/C14H16N2O5/c17-11-5-8-1-2-9(6-11)15(8)13-4-3-10(16(20)21)7-12(13)14(18)19/h3-4,7-9,11,17H,1-2,5-6H2,(H,18,19). The molecule has 2 bridgehead atoms. The van der Waals surface area contributed by atoms with Crippen molar-refractivity contribution in [2.24, 2.45) is 0 Å². The molecule has 0 spiro atoms. The average molecular weight is 292 g/mol. The van der Waals surface area contributed by atoms with E-state index in [1.165, 1.54) is 12.1 Å². The molecule has 1 aromatic carbocycles. The summed E-state index contributed by atoms with van der Waals surface area (Å²) in [5, 5.41) is 30.0. The second kappa shape index (κ2) is 5.00. The molecule has 2 N–H and O–H groups in total. The number of benzene rings is 1. The van der Waals surface area contributed by atoms with Gasteiger partial charge in [0.1, 0.15) is 0 Å². The third-order valence-corrected chi connectivity index (χ3v) is 4.41. The van der Waals surface area contributed by atoms with Crippen LogP contribution in [0.2, 0.25) is 0 Å². The predicted molar refractivity (Wildman–Crippen MR) is 74.6 cm³/mol. The highest BCUT2D eigenvalue weighted by atomic mass is 16.6. The van der Waals surface area contributed by atoms with Crippen molar-refractivity contribution in [3.63, 3.8) is 0 Å². The zero-order valence-electron chi connectivity index (χ0n) is 11.3. The smallest absolute Gasteiger partial charge is 0.338 e. The van der Waals surface area contributed by atoms with Crippen molar-refractivity contribution in [3.05, 3.63) is 33.9 Å². The summed E-state index contributed by atoms with van der Waals surface area (Å²) in [5.74, 6) is -1.17. The molecule has 0 aromatic heterocycles. The lowest BCUT2D eigenvalue weighted by atomic mass is 9.97. The topological polar surface area (TPSA) is 104 Å². The minimum absolute atomic E-state index is 0.0440. The van der Waals surface area contributed by atoms with Gasteiger partial charge in [-0.1, -0.05) is 0 Å². The summed E-state index contributed by atoms with van der Waals surface area (Å²) in [6.45, 7) is 0. The number of nitro groups is 1. The first kappa shape index (κ1) is 13.8. The fraction of sp³-hybridized carbons (Fsp3) is 0.500. The van der Waals surface area contributed by atoms with Crippen molar-refractivity contribution in [2.75, 3.05) is 4.90 Å². The van der Waals surface area contributed by atoms with Crippen LogP contribution >= 0.6 is 0 Å². The monoisotopic (exact) mass is 292 g/mol. The van der Waals surface area contributed by atoms with Crippen LogP contribution in [0, 0.1) is 10.1 Å². The third kappa shape index (κ3) is 2.33. The van der Waals surface area contributed by atoms with Gasteiger partial charge in [-0.25, -0.2) is 4.79 Å². The highest BCUT2D eigenvalue weighted by Crippen LogP contribution is 2.41. The van der Waals surface area contributed by atoms with Gasteiger partial charge in [-0.05, 0) is 31.7 Å². The minimum atomic E-state index is -1.17. The lowest BCUT2D eigenvalue weighted by Gasteiger charge is -2.39. The molecule has 7 nitrogen and oxygen atoms in total. The number of fused-ring (bicyclic) bond motifs is 2. The van der Waals surface area contributed by atoms with E-state index in [4.69, 9.17) is 0 Å². The van der Waals surface area contributed by atoms with Gasteiger partial charge < -0.3 is 15.1 Å². The molecular weight excluding hydrogens is 276 g/mol. The van der Waals surface area contributed by atoms with Crippen LogP contribution in [0.1, 0.15) is 36.0 Å². The van der Waals surface area contributed by atoms with Gasteiger partial charge in [0.2, 0.25) is 0 Å². The number of carboxylic acids is 1. The van der Waals surface area contributed by atoms with Crippen molar-refractivity contribution in [1.82, 2.24) is 0 Å². The Kier molecular flexibility index (Phi) is 3.29. The van der Waals surface area contributed by atoms with Gasteiger partial charge in [0.25, 0.3) is 5.69 Å². The molecule has 2 saturated heterocycles. The van der Waals surface area contributed by atoms with Crippen molar-refractivity contribution in [2.45, 2.75) is 43.9 Å². The molecule has 1 aromatic rings. The molecule has 0 amide bonds. The van der Waals surface area contributed by atoms with E-state index in [9.17, 15) is 25.1 Å². The summed E-state index contributed by atoms with van der Waals surface area (Å²) in [5.41, 5.74) is 0.255. The van der Waals surface area contributed by atoms with Crippen LogP contribution in [0.4, 0.5) is 11.4 Å². The van der Waals surface area contributed by atoms with Gasteiger partial charge >= 0.3 is 5.97 Å². The van der Waals surface area contributed by atoms with Gasteiger partial charge in [-0.2, -0.15) is 0 Å².